The Hall–Kier alpha value is -2.38. The fourth-order valence-electron chi connectivity index (χ4n) is 2.42. The fourth-order valence-corrected chi connectivity index (χ4v) is 2.61. The number of fused-ring (bicyclic) bond motifs is 1. The highest BCUT2D eigenvalue weighted by molar-refractivity contribution is 6.30. The lowest BCUT2D eigenvalue weighted by Crippen LogP contribution is -2.27. The van der Waals surface area contributed by atoms with Crippen LogP contribution in [0.15, 0.2) is 30.6 Å². The molecule has 2 aromatic heterocycles. The van der Waals surface area contributed by atoms with Crippen LogP contribution in [0.3, 0.4) is 0 Å². The predicted octanol–water partition coefficient (Wildman–Crippen LogP) is 2.64. The number of aryl methyl sites for hydroxylation is 1. The third-order valence-electron chi connectivity index (χ3n) is 3.69. The van der Waals surface area contributed by atoms with E-state index in [4.69, 9.17) is 17.3 Å². The van der Waals surface area contributed by atoms with Gasteiger partial charge in [0.2, 0.25) is 5.95 Å². The molecule has 1 aromatic carbocycles. The van der Waals surface area contributed by atoms with Crippen LogP contribution in [0.2, 0.25) is 5.02 Å². The zero-order chi connectivity index (χ0) is 17.1. The third-order valence-corrected chi connectivity index (χ3v) is 3.92. The number of nitrogens with two attached hydrogens (primary N) is 1. The van der Waals surface area contributed by atoms with Crippen molar-refractivity contribution < 1.29 is 0 Å². The first kappa shape index (κ1) is 16.5. The van der Waals surface area contributed by atoms with Gasteiger partial charge in [0.05, 0.1) is 6.33 Å². The van der Waals surface area contributed by atoms with Crippen LogP contribution in [0.25, 0.3) is 11.2 Å². The van der Waals surface area contributed by atoms with E-state index in [1.807, 2.05) is 40.8 Å². The van der Waals surface area contributed by atoms with Gasteiger partial charge in [0.15, 0.2) is 17.0 Å². The lowest BCUT2D eigenvalue weighted by molar-refractivity contribution is 0.773. The standard InChI is InChI=1S/C16H20ClN7/c1-3-24-10-19-13-14(20-12-6-4-5-11(17)9-12)21-16(22-15(13)24)23(2)8-7-18/h4-6,9-10H,3,7-8,18H2,1-2H3,(H,20,21,22). The average molecular weight is 346 g/mol. The van der Waals surface area contributed by atoms with Gasteiger partial charge in [-0.05, 0) is 25.1 Å². The average Bonchev–Trinajstić information content (AvgIpc) is 2.98. The predicted molar refractivity (Wildman–Crippen MR) is 98.1 cm³/mol. The Morgan fingerprint density at radius 2 is 2.17 bits per heavy atom. The molecule has 0 radical (unpaired) electrons. The first-order chi connectivity index (χ1) is 11.6. The monoisotopic (exact) mass is 345 g/mol. The number of halogens is 1. The zero-order valence-corrected chi connectivity index (χ0v) is 14.5. The van der Waals surface area contributed by atoms with Crippen molar-refractivity contribution in [3.63, 3.8) is 0 Å². The number of nitrogens with zero attached hydrogens (tertiary/aromatic N) is 5. The summed E-state index contributed by atoms with van der Waals surface area (Å²) in [7, 11) is 1.92. The molecule has 0 aliphatic rings. The van der Waals surface area contributed by atoms with Gasteiger partial charge in [-0.15, -0.1) is 0 Å². The van der Waals surface area contributed by atoms with Crippen molar-refractivity contribution >= 4 is 40.2 Å². The van der Waals surface area contributed by atoms with Crippen molar-refractivity contribution in [1.82, 2.24) is 19.5 Å². The van der Waals surface area contributed by atoms with E-state index >= 15 is 0 Å². The van der Waals surface area contributed by atoms with Crippen LogP contribution in [-0.2, 0) is 6.54 Å². The lowest BCUT2D eigenvalue weighted by Gasteiger charge is -2.17. The Morgan fingerprint density at radius 1 is 1.33 bits per heavy atom. The molecule has 126 valence electrons. The summed E-state index contributed by atoms with van der Waals surface area (Å²) in [5.74, 6) is 1.25. The molecule has 7 nitrogen and oxygen atoms in total. The quantitative estimate of drug-likeness (QED) is 0.714. The number of hydrogen-bond acceptors (Lipinski definition) is 6. The summed E-state index contributed by atoms with van der Waals surface area (Å²) in [6.45, 7) is 4.03. The number of aromatic nitrogens is 4. The van der Waals surface area contributed by atoms with Gasteiger partial charge in [-0.3, -0.25) is 0 Å². The van der Waals surface area contributed by atoms with Gasteiger partial charge in [0.1, 0.15) is 0 Å². The van der Waals surface area contributed by atoms with Crippen LogP contribution in [0.5, 0.6) is 0 Å². The maximum absolute atomic E-state index is 6.06. The molecule has 0 fully saturated rings. The molecule has 3 aromatic rings. The van der Waals surface area contributed by atoms with Gasteiger partial charge < -0.3 is 20.5 Å². The van der Waals surface area contributed by atoms with Crippen LogP contribution in [-0.4, -0.2) is 39.7 Å². The van der Waals surface area contributed by atoms with E-state index < -0.39 is 0 Å². The smallest absolute Gasteiger partial charge is 0.229 e. The molecule has 0 bridgehead atoms. The minimum Gasteiger partial charge on any atom is -0.342 e. The molecule has 3 N–H and O–H groups in total. The summed E-state index contributed by atoms with van der Waals surface area (Å²) in [5, 5.41) is 3.95. The van der Waals surface area contributed by atoms with Crippen LogP contribution in [0.1, 0.15) is 6.92 Å². The largest absolute Gasteiger partial charge is 0.342 e. The topological polar surface area (TPSA) is 84.9 Å². The first-order valence-corrected chi connectivity index (χ1v) is 8.16. The van der Waals surface area contributed by atoms with Gasteiger partial charge in [-0.1, -0.05) is 17.7 Å². The Balaban J connectivity index is 2.08. The summed E-state index contributed by atoms with van der Waals surface area (Å²) in [6, 6.07) is 7.49. The van der Waals surface area contributed by atoms with Crippen molar-refractivity contribution in [2.24, 2.45) is 5.73 Å². The minimum absolute atomic E-state index is 0.530. The number of rotatable bonds is 6. The van der Waals surface area contributed by atoms with E-state index in [-0.39, 0.29) is 0 Å². The van der Waals surface area contributed by atoms with Crippen LogP contribution < -0.4 is 16.0 Å². The van der Waals surface area contributed by atoms with E-state index in [9.17, 15) is 0 Å². The van der Waals surface area contributed by atoms with E-state index in [0.29, 0.717) is 29.9 Å². The molecule has 0 spiro atoms. The Bertz CT molecular complexity index is 846. The third kappa shape index (κ3) is 3.27. The Kier molecular flexibility index (Phi) is 4.82. The molecular weight excluding hydrogens is 326 g/mol. The molecule has 0 aliphatic carbocycles. The van der Waals surface area contributed by atoms with Crippen LogP contribution >= 0.6 is 11.6 Å². The van der Waals surface area contributed by atoms with Gasteiger partial charge in [-0.25, -0.2) is 4.98 Å². The molecule has 0 unspecified atom stereocenters. The normalized spacial score (nSPS) is 11.0. The highest BCUT2D eigenvalue weighted by atomic mass is 35.5. The van der Waals surface area contributed by atoms with E-state index in [1.165, 1.54) is 0 Å². The fraction of sp³-hybridized carbons (Fsp3) is 0.312. The van der Waals surface area contributed by atoms with Crippen molar-refractivity contribution in [2.45, 2.75) is 13.5 Å². The second kappa shape index (κ2) is 7.02. The van der Waals surface area contributed by atoms with Gasteiger partial charge in [0.25, 0.3) is 0 Å². The van der Waals surface area contributed by atoms with E-state index in [0.717, 1.165) is 23.4 Å². The van der Waals surface area contributed by atoms with E-state index in [1.54, 1.807) is 6.33 Å². The maximum Gasteiger partial charge on any atom is 0.229 e. The Labute approximate surface area is 145 Å². The van der Waals surface area contributed by atoms with Gasteiger partial charge >= 0.3 is 0 Å². The number of likely N-dealkylation sites (N-methyl/N-ethyl adjacent to an activating group) is 1. The SMILES string of the molecule is CCn1cnc2c(Nc3cccc(Cl)c3)nc(N(C)CCN)nc21. The number of benzene rings is 1. The summed E-state index contributed by atoms with van der Waals surface area (Å²) in [5.41, 5.74) is 8.01. The minimum atomic E-state index is 0.530. The molecular formula is C16H20ClN7. The van der Waals surface area contributed by atoms with Crippen LogP contribution in [0, 0.1) is 0 Å². The van der Waals surface area contributed by atoms with Gasteiger partial charge in [-0.2, -0.15) is 9.97 Å². The summed E-state index contributed by atoms with van der Waals surface area (Å²) >= 11 is 6.06. The first-order valence-electron chi connectivity index (χ1n) is 7.79. The molecule has 0 atom stereocenters. The number of anilines is 3. The zero-order valence-electron chi connectivity index (χ0n) is 13.7. The van der Waals surface area contributed by atoms with Gasteiger partial charge in [0, 0.05) is 37.4 Å². The number of imidazole rings is 1. The van der Waals surface area contributed by atoms with Crippen molar-refractivity contribution in [1.29, 1.82) is 0 Å². The van der Waals surface area contributed by atoms with Crippen molar-refractivity contribution in [3.05, 3.63) is 35.6 Å². The number of nitrogens with one attached hydrogen (secondary N) is 1. The highest BCUT2D eigenvalue weighted by Crippen LogP contribution is 2.26. The molecule has 3 rings (SSSR count). The van der Waals surface area contributed by atoms with Crippen molar-refractivity contribution in [3.8, 4) is 0 Å². The Morgan fingerprint density at radius 3 is 2.88 bits per heavy atom. The summed E-state index contributed by atoms with van der Waals surface area (Å²) < 4.78 is 1.99. The lowest BCUT2D eigenvalue weighted by atomic mass is 10.3. The molecule has 8 heteroatoms. The summed E-state index contributed by atoms with van der Waals surface area (Å²) in [6.07, 6.45) is 1.77. The second-order valence-electron chi connectivity index (χ2n) is 5.42. The molecule has 0 saturated heterocycles. The molecule has 2 heterocycles. The molecule has 24 heavy (non-hydrogen) atoms. The summed E-state index contributed by atoms with van der Waals surface area (Å²) in [4.78, 5) is 15.6. The maximum atomic E-state index is 6.06. The number of hydrogen-bond donors (Lipinski definition) is 2. The van der Waals surface area contributed by atoms with Crippen LogP contribution in [0.4, 0.5) is 17.5 Å². The molecule has 0 aliphatic heterocycles. The molecule has 0 saturated carbocycles. The second-order valence-corrected chi connectivity index (χ2v) is 5.86. The highest BCUT2D eigenvalue weighted by Gasteiger charge is 2.15. The molecule has 0 amide bonds. The van der Waals surface area contributed by atoms with Crippen molar-refractivity contribution in [2.75, 3.05) is 30.4 Å². The van der Waals surface area contributed by atoms with E-state index in [2.05, 4.69) is 27.2 Å².